The average Bonchev–Trinajstić information content (AvgIpc) is 3.26. The fourth-order valence-corrected chi connectivity index (χ4v) is 4.28. The minimum atomic E-state index is -0.364. The molecule has 1 aromatic carbocycles. The van der Waals surface area contributed by atoms with E-state index in [1.807, 2.05) is 30.6 Å². The summed E-state index contributed by atoms with van der Waals surface area (Å²) in [5.41, 5.74) is 1.70. The molecule has 0 radical (unpaired) electrons. The third kappa shape index (κ3) is 5.58. The van der Waals surface area contributed by atoms with E-state index in [4.69, 9.17) is 11.2 Å². The van der Waals surface area contributed by atoms with E-state index in [0.29, 0.717) is 25.3 Å². The minimum absolute atomic E-state index is 0.00545. The highest BCUT2D eigenvalue weighted by Crippen LogP contribution is 2.30. The van der Waals surface area contributed by atoms with Gasteiger partial charge in [-0.25, -0.2) is 9.78 Å². The summed E-state index contributed by atoms with van der Waals surface area (Å²) in [7, 11) is 1.81. The Balaban J connectivity index is 1.50. The monoisotopic (exact) mass is 411 g/mol. The summed E-state index contributed by atoms with van der Waals surface area (Å²) in [6.45, 7) is 1.85. The van der Waals surface area contributed by atoms with Crippen molar-refractivity contribution < 1.29 is 14.3 Å². The number of hydrogen-bond acceptors (Lipinski definition) is 5. The van der Waals surface area contributed by atoms with Crippen molar-refractivity contribution in [2.24, 2.45) is 0 Å². The normalized spacial score (nSPS) is 14.3. The Morgan fingerprint density at radius 2 is 2.03 bits per heavy atom. The number of piperidine rings is 1. The largest absolute Gasteiger partial charge is 0.436 e. The molecule has 0 atom stereocenters. The summed E-state index contributed by atoms with van der Waals surface area (Å²) in [5, 5.41) is 2.80. The molecule has 0 N–H and O–H groups in total. The van der Waals surface area contributed by atoms with Crippen LogP contribution in [0.4, 0.5) is 4.79 Å². The molecule has 0 aliphatic carbocycles. The summed E-state index contributed by atoms with van der Waals surface area (Å²) in [6, 6.07) is 10.1. The lowest BCUT2D eigenvalue weighted by Gasteiger charge is -2.30. The third-order valence-corrected chi connectivity index (χ3v) is 6.06. The first-order chi connectivity index (χ1) is 14.1. The molecular weight excluding hydrogens is 386 g/mol. The smallest absolute Gasteiger partial charge is 0.410 e. The molecule has 1 aliphatic heterocycles. The average molecular weight is 412 g/mol. The molecule has 7 heteroatoms. The molecular formula is C22H25N3O3S. The maximum absolute atomic E-state index is 12.7. The fourth-order valence-electron chi connectivity index (χ4n) is 3.32. The Morgan fingerprint density at radius 3 is 2.72 bits per heavy atom. The molecule has 2 amide bonds. The van der Waals surface area contributed by atoms with Crippen molar-refractivity contribution in [3.05, 3.63) is 52.0 Å². The molecule has 29 heavy (non-hydrogen) atoms. The van der Waals surface area contributed by atoms with Gasteiger partial charge in [-0.2, -0.15) is 0 Å². The number of ether oxygens (including phenoxy) is 1. The molecule has 152 valence electrons. The van der Waals surface area contributed by atoms with Gasteiger partial charge in [-0.1, -0.05) is 36.3 Å². The van der Waals surface area contributed by atoms with Gasteiger partial charge in [0.2, 0.25) is 0 Å². The second-order valence-corrected chi connectivity index (χ2v) is 7.94. The van der Waals surface area contributed by atoms with Crippen LogP contribution in [0.25, 0.3) is 0 Å². The molecule has 0 saturated carbocycles. The number of terminal acetylenes is 1. The van der Waals surface area contributed by atoms with E-state index in [0.717, 1.165) is 24.3 Å². The van der Waals surface area contributed by atoms with Crippen LogP contribution in [0.3, 0.4) is 0 Å². The van der Waals surface area contributed by atoms with Gasteiger partial charge in [0.05, 0.1) is 5.01 Å². The maximum Gasteiger partial charge on any atom is 0.410 e. The maximum atomic E-state index is 12.7. The van der Waals surface area contributed by atoms with E-state index in [-0.39, 0.29) is 24.5 Å². The van der Waals surface area contributed by atoms with Crippen molar-refractivity contribution in [1.82, 2.24) is 14.8 Å². The van der Waals surface area contributed by atoms with Crippen molar-refractivity contribution in [2.75, 3.05) is 33.3 Å². The van der Waals surface area contributed by atoms with Crippen LogP contribution < -0.4 is 0 Å². The van der Waals surface area contributed by atoms with Crippen LogP contribution in [0.2, 0.25) is 0 Å². The zero-order valence-electron chi connectivity index (χ0n) is 16.5. The summed E-state index contributed by atoms with van der Waals surface area (Å²) in [6.07, 6.45) is 7.17. The first-order valence-corrected chi connectivity index (χ1v) is 10.6. The van der Waals surface area contributed by atoms with E-state index in [1.54, 1.807) is 9.80 Å². The molecule has 2 heterocycles. The first-order valence-electron chi connectivity index (χ1n) is 9.68. The number of likely N-dealkylation sites (tertiary alicyclic amines) is 1. The van der Waals surface area contributed by atoms with Crippen molar-refractivity contribution in [1.29, 1.82) is 0 Å². The van der Waals surface area contributed by atoms with Crippen molar-refractivity contribution in [3.63, 3.8) is 0 Å². The first kappa shape index (κ1) is 20.9. The summed E-state index contributed by atoms with van der Waals surface area (Å²) >= 11 is 1.52. The van der Waals surface area contributed by atoms with E-state index in [9.17, 15) is 9.59 Å². The van der Waals surface area contributed by atoms with Gasteiger partial charge in [0.15, 0.2) is 6.61 Å². The summed E-state index contributed by atoms with van der Waals surface area (Å²) in [5.74, 6) is 2.50. The Bertz CT molecular complexity index is 867. The molecule has 2 aromatic rings. The van der Waals surface area contributed by atoms with Gasteiger partial charge in [-0.3, -0.25) is 4.79 Å². The van der Waals surface area contributed by atoms with Crippen LogP contribution in [0.15, 0.2) is 35.7 Å². The van der Waals surface area contributed by atoms with E-state index in [1.165, 1.54) is 16.9 Å². The summed E-state index contributed by atoms with van der Waals surface area (Å²) in [4.78, 5) is 32.6. The van der Waals surface area contributed by atoms with Crippen LogP contribution in [0, 0.1) is 12.3 Å². The topological polar surface area (TPSA) is 62.7 Å². The van der Waals surface area contributed by atoms with Crippen molar-refractivity contribution in [3.8, 4) is 12.3 Å². The Labute approximate surface area is 175 Å². The van der Waals surface area contributed by atoms with Crippen LogP contribution >= 0.6 is 11.3 Å². The van der Waals surface area contributed by atoms with Gasteiger partial charge in [0.1, 0.15) is 5.69 Å². The number of hydrogen-bond donors (Lipinski definition) is 0. The molecule has 1 aromatic heterocycles. The number of carbonyl (C=O) groups excluding carboxylic acids is 2. The van der Waals surface area contributed by atoms with Crippen LogP contribution in [-0.2, 0) is 11.2 Å². The molecule has 3 rings (SSSR count). The Morgan fingerprint density at radius 1 is 1.31 bits per heavy atom. The van der Waals surface area contributed by atoms with Gasteiger partial charge < -0.3 is 14.5 Å². The quantitative estimate of drug-likeness (QED) is 0.684. The molecule has 1 aliphatic rings. The second-order valence-electron chi connectivity index (χ2n) is 7.05. The predicted molar refractivity (Wildman–Crippen MR) is 113 cm³/mol. The Hall–Kier alpha value is -2.85. The van der Waals surface area contributed by atoms with E-state index in [2.05, 4.69) is 23.0 Å². The highest BCUT2D eigenvalue weighted by molar-refractivity contribution is 7.09. The number of carbonyl (C=O) groups is 2. The lowest BCUT2D eigenvalue weighted by molar-refractivity contribution is 0.0791. The zero-order chi connectivity index (χ0) is 20.6. The minimum Gasteiger partial charge on any atom is -0.436 e. The number of amides is 2. The van der Waals surface area contributed by atoms with Gasteiger partial charge in [-0.15, -0.1) is 17.8 Å². The van der Waals surface area contributed by atoms with Crippen LogP contribution in [-0.4, -0.2) is 60.1 Å². The number of nitrogens with zero attached hydrogens (tertiary/aromatic N) is 3. The number of aromatic nitrogens is 1. The molecule has 6 nitrogen and oxygen atoms in total. The highest BCUT2D eigenvalue weighted by Gasteiger charge is 2.27. The predicted octanol–water partition coefficient (Wildman–Crippen LogP) is 3.41. The lowest BCUT2D eigenvalue weighted by Crippen LogP contribution is -2.38. The van der Waals surface area contributed by atoms with Crippen LogP contribution in [0.1, 0.15) is 39.8 Å². The van der Waals surface area contributed by atoms with Gasteiger partial charge in [-0.05, 0) is 24.8 Å². The number of rotatable bonds is 6. The Kier molecular flexibility index (Phi) is 7.25. The number of likely N-dealkylation sites (N-methyl/N-ethyl adjacent to an activating group) is 1. The van der Waals surface area contributed by atoms with Crippen molar-refractivity contribution in [2.45, 2.75) is 25.2 Å². The zero-order valence-corrected chi connectivity index (χ0v) is 17.4. The van der Waals surface area contributed by atoms with E-state index >= 15 is 0 Å². The molecule has 1 saturated heterocycles. The number of thiazole rings is 1. The molecule has 0 bridgehead atoms. The number of benzene rings is 1. The van der Waals surface area contributed by atoms with E-state index < -0.39 is 0 Å². The lowest BCUT2D eigenvalue weighted by atomic mass is 9.98. The van der Waals surface area contributed by atoms with Gasteiger partial charge >= 0.3 is 6.09 Å². The van der Waals surface area contributed by atoms with Gasteiger partial charge in [0.25, 0.3) is 5.91 Å². The SMILES string of the molecule is C#CCOC(=O)N1CCC(c2nc(C(=O)N(C)CCc3ccccc3)cs2)CC1. The van der Waals surface area contributed by atoms with Crippen molar-refractivity contribution >= 4 is 23.3 Å². The third-order valence-electron chi connectivity index (χ3n) is 5.05. The second kappa shape index (κ2) is 10.1. The van der Waals surface area contributed by atoms with Gasteiger partial charge in [0, 0.05) is 38.0 Å². The standard InChI is InChI=1S/C22H25N3O3S/c1-3-15-28-22(27)25-13-10-18(11-14-25)20-23-19(16-29-20)21(26)24(2)12-9-17-7-5-4-6-8-17/h1,4-8,16,18H,9-15H2,2H3. The highest BCUT2D eigenvalue weighted by atomic mass is 32.1. The molecule has 0 unspecified atom stereocenters. The molecule has 0 spiro atoms. The molecule has 1 fully saturated rings. The van der Waals surface area contributed by atoms with Crippen LogP contribution in [0.5, 0.6) is 0 Å². The summed E-state index contributed by atoms with van der Waals surface area (Å²) < 4.78 is 4.98. The fraction of sp³-hybridized carbons (Fsp3) is 0.409.